The highest BCUT2D eigenvalue weighted by atomic mass is 35.5. The van der Waals surface area contributed by atoms with E-state index in [-0.39, 0.29) is 0 Å². The molecule has 2 aromatic carbocycles. The second-order valence-corrected chi connectivity index (χ2v) is 8.44. The number of fused-ring (bicyclic) bond motifs is 2. The van der Waals surface area contributed by atoms with Crippen LogP contribution in [0.5, 0.6) is 5.75 Å². The number of halogens is 1. The Morgan fingerprint density at radius 2 is 1.74 bits per heavy atom. The molecular formula is C23H27ClO7. The summed E-state index contributed by atoms with van der Waals surface area (Å²) in [6.07, 6.45) is -5.35. The Bertz CT molecular complexity index is 932. The van der Waals surface area contributed by atoms with Gasteiger partial charge in [-0.3, -0.25) is 0 Å². The number of methoxy groups -OCH3 is 1. The van der Waals surface area contributed by atoms with Crippen LogP contribution in [0.15, 0.2) is 36.4 Å². The van der Waals surface area contributed by atoms with Crippen LogP contribution in [-0.2, 0) is 27.9 Å². The Kier molecular flexibility index (Phi) is 6.29. The van der Waals surface area contributed by atoms with Gasteiger partial charge in [0.25, 0.3) is 0 Å². The number of rotatable bonds is 5. The third kappa shape index (κ3) is 3.64. The van der Waals surface area contributed by atoms with Crippen LogP contribution in [0.25, 0.3) is 0 Å². The first-order chi connectivity index (χ1) is 14.8. The SMILES string of the molecule is CCc1ccc(Cc2cc3c(cc2Cl)O[C@@H](OC)[C@]32O[C@H](CO)[C@@H](O)[C@H](O)[C@H]2O)cc1. The topological polar surface area (TPSA) is 109 Å². The molecule has 7 nitrogen and oxygen atoms in total. The maximum atomic E-state index is 11.0. The highest BCUT2D eigenvalue weighted by Crippen LogP contribution is 2.52. The molecule has 0 saturated carbocycles. The lowest BCUT2D eigenvalue weighted by Crippen LogP contribution is -2.66. The van der Waals surface area contributed by atoms with Crippen molar-refractivity contribution in [2.75, 3.05) is 13.7 Å². The molecule has 0 aliphatic carbocycles. The van der Waals surface area contributed by atoms with Gasteiger partial charge < -0.3 is 34.6 Å². The monoisotopic (exact) mass is 450 g/mol. The van der Waals surface area contributed by atoms with E-state index < -0.39 is 42.9 Å². The first-order valence-electron chi connectivity index (χ1n) is 10.3. The van der Waals surface area contributed by atoms with Crippen molar-refractivity contribution >= 4 is 11.6 Å². The van der Waals surface area contributed by atoms with Gasteiger partial charge in [-0.2, -0.15) is 0 Å². The van der Waals surface area contributed by atoms with Crippen molar-refractivity contribution in [1.82, 2.24) is 0 Å². The van der Waals surface area contributed by atoms with E-state index >= 15 is 0 Å². The van der Waals surface area contributed by atoms with Crippen molar-refractivity contribution < 1.29 is 34.6 Å². The van der Waals surface area contributed by atoms with Crippen molar-refractivity contribution in [3.63, 3.8) is 0 Å². The van der Waals surface area contributed by atoms with E-state index in [2.05, 4.69) is 19.1 Å². The Hall–Kier alpha value is -1.71. The lowest BCUT2D eigenvalue weighted by molar-refractivity contribution is -0.324. The summed E-state index contributed by atoms with van der Waals surface area (Å²) in [5, 5.41) is 41.8. The summed E-state index contributed by atoms with van der Waals surface area (Å²) in [6.45, 7) is 1.54. The molecular weight excluding hydrogens is 424 g/mol. The third-order valence-corrected chi connectivity index (χ3v) is 6.57. The van der Waals surface area contributed by atoms with Gasteiger partial charge in [-0.25, -0.2) is 0 Å². The molecule has 2 aromatic rings. The van der Waals surface area contributed by atoms with Gasteiger partial charge >= 0.3 is 0 Å². The predicted molar refractivity (Wildman–Crippen MR) is 113 cm³/mol. The number of aliphatic hydroxyl groups is 4. The Balaban J connectivity index is 1.77. The number of hydrogen-bond acceptors (Lipinski definition) is 7. The summed E-state index contributed by atoms with van der Waals surface area (Å²) >= 11 is 6.53. The lowest BCUT2D eigenvalue weighted by atomic mass is 9.79. The minimum Gasteiger partial charge on any atom is -0.461 e. The predicted octanol–water partition coefficient (Wildman–Crippen LogP) is 1.53. The highest BCUT2D eigenvalue weighted by molar-refractivity contribution is 6.31. The van der Waals surface area contributed by atoms with Crippen LogP contribution < -0.4 is 4.74 Å². The number of hydrogen-bond donors (Lipinski definition) is 4. The summed E-state index contributed by atoms with van der Waals surface area (Å²) < 4.78 is 17.3. The summed E-state index contributed by atoms with van der Waals surface area (Å²) in [6, 6.07) is 11.6. The van der Waals surface area contributed by atoms with Crippen LogP contribution in [-0.4, -0.2) is 64.8 Å². The first kappa shape index (κ1) is 22.5. The molecule has 0 amide bonds. The van der Waals surface area contributed by atoms with Gasteiger partial charge in [0.15, 0.2) is 5.60 Å². The normalized spacial score (nSPS) is 32.2. The number of aliphatic hydroxyl groups excluding tert-OH is 4. The van der Waals surface area contributed by atoms with Crippen molar-refractivity contribution in [2.24, 2.45) is 0 Å². The van der Waals surface area contributed by atoms with E-state index in [1.807, 2.05) is 12.1 Å². The van der Waals surface area contributed by atoms with Crippen molar-refractivity contribution in [2.45, 2.75) is 56.1 Å². The molecule has 0 bridgehead atoms. The Morgan fingerprint density at radius 1 is 1.06 bits per heavy atom. The summed E-state index contributed by atoms with van der Waals surface area (Å²) in [4.78, 5) is 0. The molecule has 8 heteroatoms. The molecule has 2 aliphatic rings. The number of benzene rings is 2. The van der Waals surface area contributed by atoms with Crippen molar-refractivity contribution in [1.29, 1.82) is 0 Å². The number of ether oxygens (including phenoxy) is 3. The van der Waals surface area contributed by atoms with Gasteiger partial charge in [-0.1, -0.05) is 42.8 Å². The fourth-order valence-electron chi connectivity index (χ4n) is 4.42. The van der Waals surface area contributed by atoms with Crippen LogP contribution in [0.4, 0.5) is 0 Å². The van der Waals surface area contributed by atoms with E-state index in [0.29, 0.717) is 22.8 Å². The molecule has 2 heterocycles. The Labute approximate surface area is 185 Å². The van der Waals surface area contributed by atoms with E-state index in [9.17, 15) is 20.4 Å². The molecule has 168 valence electrons. The molecule has 2 aliphatic heterocycles. The highest BCUT2D eigenvalue weighted by Gasteiger charge is 2.63. The van der Waals surface area contributed by atoms with E-state index in [1.165, 1.54) is 12.7 Å². The van der Waals surface area contributed by atoms with Gasteiger partial charge in [-0.15, -0.1) is 0 Å². The minimum absolute atomic E-state index is 0.348. The quantitative estimate of drug-likeness (QED) is 0.547. The van der Waals surface area contributed by atoms with Crippen LogP contribution in [0.3, 0.4) is 0 Å². The molecule has 1 spiro atoms. The fraction of sp³-hybridized carbons (Fsp3) is 0.478. The zero-order valence-corrected chi connectivity index (χ0v) is 18.1. The zero-order valence-electron chi connectivity index (χ0n) is 17.4. The molecule has 4 N–H and O–H groups in total. The second kappa shape index (κ2) is 8.67. The van der Waals surface area contributed by atoms with E-state index in [4.69, 9.17) is 25.8 Å². The van der Waals surface area contributed by atoms with E-state index in [0.717, 1.165) is 17.5 Å². The fourth-order valence-corrected chi connectivity index (χ4v) is 4.64. The molecule has 31 heavy (non-hydrogen) atoms. The van der Waals surface area contributed by atoms with Gasteiger partial charge in [0, 0.05) is 17.7 Å². The van der Waals surface area contributed by atoms with Crippen LogP contribution in [0.2, 0.25) is 5.02 Å². The maximum absolute atomic E-state index is 11.0. The van der Waals surface area contributed by atoms with Crippen LogP contribution in [0.1, 0.15) is 29.2 Å². The maximum Gasteiger partial charge on any atom is 0.236 e. The first-order valence-corrected chi connectivity index (χ1v) is 10.7. The molecule has 4 rings (SSSR count). The van der Waals surface area contributed by atoms with Gasteiger partial charge in [-0.05, 0) is 41.7 Å². The van der Waals surface area contributed by atoms with Gasteiger partial charge in [0.1, 0.15) is 30.2 Å². The molecule has 1 fully saturated rings. The average Bonchev–Trinajstić information content (AvgIpc) is 3.08. The Morgan fingerprint density at radius 3 is 2.35 bits per heavy atom. The molecule has 0 radical (unpaired) electrons. The van der Waals surface area contributed by atoms with Crippen LogP contribution in [0, 0.1) is 0 Å². The standard InChI is InChI=1S/C23H27ClO7/c1-3-12-4-6-13(7-5-12)8-14-9-15-17(10-16(14)24)30-22(29-2)23(15)21(28)20(27)19(26)18(11-25)31-23/h4-7,9-10,18-22,25-28H,3,8,11H2,1-2H3/t18-,19-,20+,21-,22-,23+/m1/s1. The summed E-state index contributed by atoms with van der Waals surface area (Å²) in [5.74, 6) is 0.348. The molecule has 1 saturated heterocycles. The second-order valence-electron chi connectivity index (χ2n) is 8.03. The van der Waals surface area contributed by atoms with Gasteiger partial charge in [0.2, 0.25) is 6.29 Å². The van der Waals surface area contributed by atoms with E-state index in [1.54, 1.807) is 12.1 Å². The zero-order chi connectivity index (χ0) is 22.3. The molecule has 0 aromatic heterocycles. The molecule has 0 unspecified atom stereocenters. The summed E-state index contributed by atoms with van der Waals surface area (Å²) in [5.41, 5.74) is 1.88. The number of aryl methyl sites for hydroxylation is 1. The summed E-state index contributed by atoms with van der Waals surface area (Å²) in [7, 11) is 1.39. The largest absolute Gasteiger partial charge is 0.461 e. The smallest absolute Gasteiger partial charge is 0.236 e. The average molecular weight is 451 g/mol. The lowest BCUT2D eigenvalue weighted by Gasteiger charge is -2.47. The van der Waals surface area contributed by atoms with Gasteiger partial charge in [0.05, 0.1) is 6.61 Å². The molecule has 6 atom stereocenters. The minimum atomic E-state index is -1.64. The van der Waals surface area contributed by atoms with Crippen molar-refractivity contribution in [3.8, 4) is 5.75 Å². The van der Waals surface area contributed by atoms with Crippen molar-refractivity contribution in [3.05, 3.63) is 63.7 Å². The third-order valence-electron chi connectivity index (χ3n) is 6.21. The van der Waals surface area contributed by atoms with Crippen LogP contribution >= 0.6 is 11.6 Å².